The Bertz CT molecular complexity index is 1100. The molecule has 0 radical (unpaired) electrons. The summed E-state index contributed by atoms with van der Waals surface area (Å²) in [6.07, 6.45) is 6.73. The highest BCUT2D eigenvalue weighted by molar-refractivity contribution is 7.82. The van der Waals surface area contributed by atoms with Crippen LogP contribution in [0.15, 0.2) is 79.1 Å². The number of hydrogen-bond acceptors (Lipinski definition) is 4. The lowest BCUT2D eigenvalue weighted by Crippen LogP contribution is -2.26. The summed E-state index contributed by atoms with van der Waals surface area (Å²) >= 11 is 4.40. The van der Waals surface area contributed by atoms with Crippen LogP contribution in [-0.2, 0) is 4.79 Å². The zero-order chi connectivity index (χ0) is 22.9. The molecule has 1 heterocycles. The minimum atomic E-state index is -0.811. The quantitative estimate of drug-likeness (QED) is 0.294. The summed E-state index contributed by atoms with van der Waals surface area (Å²) in [5.41, 5.74) is 5.12. The Kier molecular flexibility index (Phi) is 8.05. The van der Waals surface area contributed by atoms with E-state index in [4.69, 9.17) is 5.11 Å². The maximum atomic E-state index is 12.7. The second kappa shape index (κ2) is 11.2. The van der Waals surface area contributed by atoms with E-state index in [-0.39, 0.29) is 12.5 Å². The Morgan fingerprint density at radius 1 is 1.09 bits per heavy atom. The van der Waals surface area contributed by atoms with Crippen molar-refractivity contribution in [2.24, 2.45) is 0 Å². The highest BCUT2D eigenvalue weighted by Crippen LogP contribution is 2.28. The van der Waals surface area contributed by atoms with E-state index in [2.05, 4.69) is 23.1 Å². The van der Waals surface area contributed by atoms with Crippen molar-refractivity contribution in [1.29, 1.82) is 0 Å². The van der Waals surface area contributed by atoms with Gasteiger partial charge in [-0.25, -0.2) is 9.10 Å². The number of benzene rings is 2. The van der Waals surface area contributed by atoms with E-state index in [9.17, 15) is 9.59 Å². The van der Waals surface area contributed by atoms with Crippen LogP contribution in [0, 0.1) is 6.92 Å². The Hall–Kier alpha value is -3.58. The van der Waals surface area contributed by atoms with Gasteiger partial charge < -0.3 is 10.4 Å². The topological polar surface area (TPSA) is 82.5 Å². The number of aryl methyl sites for hydroxylation is 1. The van der Waals surface area contributed by atoms with Crippen molar-refractivity contribution in [3.8, 4) is 0 Å². The molecule has 0 atom stereocenters. The summed E-state index contributed by atoms with van der Waals surface area (Å²) in [7, 11) is 0. The molecule has 0 saturated carbocycles. The van der Waals surface area contributed by atoms with Crippen LogP contribution in [-0.4, -0.2) is 22.1 Å². The zero-order valence-corrected chi connectivity index (χ0v) is 18.6. The van der Waals surface area contributed by atoms with Gasteiger partial charge in [0.05, 0.1) is 5.69 Å². The third-order valence-corrected chi connectivity index (χ3v) is 5.23. The fourth-order valence-electron chi connectivity index (χ4n) is 3.16. The first kappa shape index (κ1) is 23.1. The molecule has 0 spiro atoms. The molecule has 0 aliphatic rings. The second-order valence-electron chi connectivity index (χ2n) is 7.30. The van der Waals surface area contributed by atoms with Gasteiger partial charge in [0.2, 0.25) is 0 Å². The lowest BCUT2D eigenvalue weighted by molar-refractivity contribution is -0.137. The van der Waals surface area contributed by atoms with Gasteiger partial charge >= 0.3 is 12.0 Å². The van der Waals surface area contributed by atoms with Gasteiger partial charge in [-0.15, -0.1) is 0 Å². The Morgan fingerprint density at radius 2 is 1.84 bits per heavy atom. The molecule has 164 valence electrons. The number of nitrogens with zero attached hydrogens (tertiary/aromatic N) is 2. The number of nitrogens with one attached hydrogen (secondary N) is 1. The van der Waals surface area contributed by atoms with E-state index in [1.807, 2.05) is 67.6 Å². The Labute approximate surface area is 193 Å². The zero-order valence-electron chi connectivity index (χ0n) is 17.7. The number of allylic oxidation sites excluding steroid dienone is 1. The number of aliphatic carboxylic acids is 1. The molecule has 3 aromatic rings. The monoisotopic (exact) mass is 447 g/mol. The smallest absolute Gasteiger partial charge is 0.336 e. The van der Waals surface area contributed by atoms with Gasteiger partial charge in [-0.1, -0.05) is 54.8 Å². The number of pyridine rings is 1. The predicted molar refractivity (Wildman–Crippen MR) is 131 cm³/mol. The third kappa shape index (κ3) is 6.46. The van der Waals surface area contributed by atoms with E-state index in [0.717, 1.165) is 22.3 Å². The number of hydrogen-bond donors (Lipinski definition) is 3. The van der Waals surface area contributed by atoms with E-state index < -0.39 is 5.97 Å². The minimum absolute atomic E-state index is 0.112. The molecule has 2 N–H and O–H groups in total. The van der Waals surface area contributed by atoms with Crippen molar-refractivity contribution in [3.05, 3.63) is 95.8 Å². The van der Waals surface area contributed by atoms with Gasteiger partial charge in [0, 0.05) is 30.1 Å². The van der Waals surface area contributed by atoms with Crippen LogP contribution in [0.2, 0.25) is 0 Å². The van der Waals surface area contributed by atoms with Crippen LogP contribution in [0.25, 0.3) is 5.57 Å². The molecule has 0 fully saturated rings. The van der Waals surface area contributed by atoms with E-state index in [1.165, 1.54) is 4.31 Å². The number of thiol groups is 1. The number of carboxylic acid groups (broad SMARTS) is 1. The van der Waals surface area contributed by atoms with Crippen molar-refractivity contribution in [1.82, 2.24) is 4.98 Å². The molecule has 0 unspecified atom stereocenters. The van der Waals surface area contributed by atoms with E-state index in [0.29, 0.717) is 24.2 Å². The first-order valence-electron chi connectivity index (χ1n) is 10.2. The molecule has 3 rings (SSSR count). The maximum absolute atomic E-state index is 12.7. The van der Waals surface area contributed by atoms with E-state index >= 15 is 0 Å². The number of unbranched alkanes of at least 4 members (excludes halogenated alkanes) is 1. The summed E-state index contributed by atoms with van der Waals surface area (Å²) in [4.78, 5) is 27.7. The normalized spacial score (nSPS) is 11.1. The van der Waals surface area contributed by atoms with Crippen LogP contribution in [0.3, 0.4) is 0 Å². The standard InChI is InChI=1S/C25H25N3O3S/c1-18-11-13-21(14-12-18)27-25(31)28(32)22-8-4-6-19(16-22)23(9-2-3-10-24(29)30)20-7-5-15-26-17-20/h4-9,11-17,32H,2-3,10H2,1H3,(H,27,31)(H,29,30). The van der Waals surface area contributed by atoms with Gasteiger partial charge in [0.1, 0.15) is 0 Å². The number of rotatable bonds is 8. The van der Waals surface area contributed by atoms with Crippen molar-refractivity contribution in [2.45, 2.75) is 26.2 Å². The molecular weight excluding hydrogens is 422 g/mol. The first-order chi connectivity index (χ1) is 15.4. The fourth-order valence-corrected chi connectivity index (χ4v) is 3.33. The predicted octanol–water partition coefficient (Wildman–Crippen LogP) is 5.96. The number of carbonyl (C=O) groups is 2. The highest BCUT2D eigenvalue weighted by atomic mass is 32.1. The fraction of sp³-hybridized carbons (Fsp3) is 0.160. The molecule has 7 heteroatoms. The Balaban J connectivity index is 1.83. The number of carboxylic acids is 1. The molecule has 2 amide bonds. The third-order valence-electron chi connectivity index (χ3n) is 4.81. The van der Waals surface area contributed by atoms with Gasteiger partial charge in [-0.05, 0) is 61.2 Å². The van der Waals surface area contributed by atoms with Crippen LogP contribution in [0.4, 0.5) is 16.2 Å². The van der Waals surface area contributed by atoms with Gasteiger partial charge in [-0.3, -0.25) is 9.78 Å². The number of amides is 2. The SMILES string of the molecule is Cc1ccc(NC(=O)N(S)c2cccc(C(=CCCCC(=O)O)c3cccnc3)c2)cc1. The largest absolute Gasteiger partial charge is 0.481 e. The Morgan fingerprint density at radius 3 is 2.53 bits per heavy atom. The number of urea groups is 1. The summed E-state index contributed by atoms with van der Waals surface area (Å²) < 4.78 is 1.26. The minimum Gasteiger partial charge on any atom is -0.481 e. The molecule has 32 heavy (non-hydrogen) atoms. The van der Waals surface area contributed by atoms with Crippen molar-refractivity contribution >= 4 is 41.8 Å². The maximum Gasteiger partial charge on any atom is 0.336 e. The summed E-state index contributed by atoms with van der Waals surface area (Å²) in [5.74, 6) is -0.811. The molecule has 2 aromatic carbocycles. The summed E-state index contributed by atoms with van der Waals surface area (Å²) in [6, 6.07) is 18.4. The van der Waals surface area contributed by atoms with Gasteiger partial charge in [-0.2, -0.15) is 0 Å². The molecule has 0 aliphatic carbocycles. The number of anilines is 2. The lowest BCUT2D eigenvalue weighted by Gasteiger charge is -2.18. The van der Waals surface area contributed by atoms with E-state index in [1.54, 1.807) is 18.5 Å². The molecule has 0 aliphatic heterocycles. The molecule has 6 nitrogen and oxygen atoms in total. The van der Waals surface area contributed by atoms with Crippen LogP contribution >= 0.6 is 12.8 Å². The van der Waals surface area contributed by atoms with Crippen LogP contribution in [0.5, 0.6) is 0 Å². The molecular formula is C25H25N3O3S. The number of aromatic nitrogens is 1. The average molecular weight is 448 g/mol. The molecule has 1 aromatic heterocycles. The molecule has 0 saturated heterocycles. The van der Waals surface area contributed by atoms with Gasteiger partial charge in [0.15, 0.2) is 0 Å². The van der Waals surface area contributed by atoms with Crippen LogP contribution < -0.4 is 9.62 Å². The van der Waals surface area contributed by atoms with Crippen LogP contribution in [0.1, 0.15) is 36.0 Å². The van der Waals surface area contributed by atoms with Gasteiger partial charge in [0.25, 0.3) is 0 Å². The first-order valence-corrected chi connectivity index (χ1v) is 10.6. The molecule has 0 bridgehead atoms. The lowest BCUT2D eigenvalue weighted by atomic mass is 9.97. The van der Waals surface area contributed by atoms with Crippen molar-refractivity contribution < 1.29 is 14.7 Å². The highest BCUT2D eigenvalue weighted by Gasteiger charge is 2.14. The second-order valence-corrected chi connectivity index (χ2v) is 7.70. The average Bonchev–Trinajstić information content (AvgIpc) is 2.80. The van der Waals surface area contributed by atoms with Crippen molar-refractivity contribution in [2.75, 3.05) is 9.62 Å². The summed E-state index contributed by atoms with van der Waals surface area (Å²) in [5, 5.41) is 11.7. The van der Waals surface area contributed by atoms with Crippen molar-refractivity contribution in [3.63, 3.8) is 0 Å². The summed E-state index contributed by atoms with van der Waals surface area (Å²) in [6.45, 7) is 1.98. The number of carbonyl (C=O) groups excluding carboxylic acids is 1.